The molecule has 0 spiro atoms. The van der Waals surface area contributed by atoms with Crippen molar-refractivity contribution in [1.82, 2.24) is 20.4 Å². The maximum Gasteiger partial charge on any atom is 0.272 e. The van der Waals surface area contributed by atoms with Gasteiger partial charge in [-0.15, -0.1) is 11.3 Å². The van der Waals surface area contributed by atoms with Gasteiger partial charge in [-0.1, -0.05) is 25.3 Å². The summed E-state index contributed by atoms with van der Waals surface area (Å²) in [6, 6.07) is 5.18. The summed E-state index contributed by atoms with van der Waals surface area (Å²) >= 11 is 1.66. The second-order valence-corrected chi connectivity index (χ2v) is 8.63. The minimum absolute atomic E-state index is 0.0476. The zero-order valence-electron chi connectivity index (χ0n) is 15.5. The number of aryl methyl sites for hydroxylation is 1. The first-order valence-electron chi connectivity index (χ1n) is 9.82. The van der Waals surface area contributed by atoms with E-state index in [1.54, 1.807) is 11.3 Å². The van der Waals surface area contributed by atoms with Crippen molar-refractivity contribution in [2.45, 2.75) is 70.0 Å². The number of nitrogens with one attached hydrogen (secondary N) is 2. The lowest BCUT2D eigenvalue weighted by Gasteiger charge is -2.31. The predicted octanol–water partition coefficient (Wildman–Crippen LogP) is 3.19. The van der Waals surface area contributed by atoms with Crippen molar-refractivity contribution in [3.8, 4) is 0 Å². The summed E-state index contributed by atoms with van der Waals surface area (Å²) in [5.41, 5.74) is 3.00. The third kappa shape index (κ3) is 3.86. The van der Waals surface area contributed by atoms with Gasteiger partial charge in [0.15, 0.2) is 5.69 Å². The number of carbonyl (C=O) groups is 1. The van der Waals surface area contributed by atoms with E-state index in [0.717, 1.165) is 24.8 Å². The van der Waals surface area contributed by atoms with Crippen molar-refractivity contribution in [3.63, 3.8) is 0 Å². The predicted molar refractivity (Wildman–Crippen MR) is 105 cm³/mol. The molecule has 140 valence electrons. The molecule has 4 rings (SSSR count). The van der Waals surface area contributed by atoms with E-state index in [-0.39, 0.29) is 5.91 Å². The first-order chi connectivity index (χ1) is 12.7. The van der Waals surface area contributed by atoms with Gasteiger partial charge in [-0.2, -0.15) is 5.10 Å². The van der Waals surface area contributed by atoms with Crippen LogP contribution in [-0.4, -0.2) is 27.8 Å². The molecule has 2 aromatic heterocycles. The van der Waals surface area contributed by atoms with Gasteiger partial charge in [0.25, 0.3) is 5.91 Å². The lowest BCUT2D eigenvalue weighted by atomic mass is 9.88. The van der Waals surface area contributed by atoms with Gasteiger partial charge in [0.1, 0.15) is 0 Å². The summed E-state index contributed by atoms with van der Waals surface area (Å²) < 4.78 is 1.91. The van der Waals surface area contributed by atoms with Crippen LogP contribution in [0, 0.1) is 0 Å². The van der Waals surface area contributed by atoms with E-state index in [1.165, 1.54) is 42.7 Å². The van der Waals surface area contributed by atoms with Crippen molar-refractivity contribution in [1.29, 1.82) is 0 Å². The summed E-state index contributed by atoms with van der Waals surface area (Å²) in [5, 5.41) is 13.5. The van der Waals surface area contributed by atoms with E-state index in [9.17, 15) is 4.79 Å². The summed E-state index contributed by atoms with van der Waals surface area (Å²) in [4.78, 5) is 13.9. The molecule has 1 unspecified atom stereocenters. The average molecular weight is 373 g/mol. The molecule has 1 amide bonds. The summed E-state index contributed by atoms with van der Waals surface area (Å²) in [7, 11) is 1.96. The lowest BCUT2D eigenvalue weighted by molar-refractivity contribution is 0.0944. The summed E-state index contributed by atoms with van der Waals surface area (Å²) in [6.07, 6.45) is 9.72. The molecule has 0 bridgehead atoms. The average Bonchev–Trinajstić information content (AvgIpc) is 3.29. The zero-order chi connectivity index (χ0) is 17.9. The number of aromatic nitrogens is 2. The molecule has 5 nitrogen and oxygen atoms in total. The second-order valence-electron chi connectivity index (χ2n) is 7.60. The van der Waals surface area contributed by atoms with E-state index >= 15 is 0 Å². The van der Waals surface area contributed by atoms with Crippen LogP contribution < -0.4 is 10.6 Å². The minimum Gasteiger partial charge on any atom is -0.346 e. The van der Waals surface area contributed by atoms with Gasteiger partial charge in [-0.3, -0.25) is 9.48 Å². The molecular formula is C20H28N4OS. The quantitative estimate of drug-likeness (QED) is 0.847. The van der Waals surface area contributed by atoms with Gasteiger partial charge < -0.3 is 10.6 Å². The van der Waals surface area contributed by atoms with Gasteiger partial charge in [-0.05, 0) is 43.6 Å². The largest absolute Gasteiger partial charge is 0.346 e. The topological polar surface area (TPSA) is 59.0 Å². The smallest absolute Gasteiger partial charge is 0.272 e. The molecule has 26 heavy (non-hydrogen) atoms. The molecule has 0 aromatic carbocycles. The van der Waals surface area contributed by atoms with Crippen molar-refractivity contribution >= 4 is 17.2 Å². The Kier molecular flexibility index (Phi) is 5.41. The van der Waals surface area contributed by atoms with Crippen LogP contribution in [0.25, 0.3) is 0 Å². The third-order valence-corrected chi connectivity index (χ3v) is 6.63. The molecule has 0 radical (unpaired) electrons. The molecule has 1 atom stereocenters. The molecule has 2 aliphatic carbocycles. The Hall–Kier alpha value is -1.66. The fourth-order valence-electron chi connectivity index (χ4n) is 4.38. The van der Waals surface area contributed by atoms with Crippen LogP contribution in [-0.2, 0) is 26.4 Å². The van der Waals surface area contributed by atoms with Crippen LogP contribution in [0.4, 0.5) is 0 Å². The van der Waals surface area contributed by atoms with Crippen molar-refractivity contribution in [3.05, 3.63) is 39.3 Å². The van der Waals surface area contributed by atoms with Gasteiger partial charge in [-0.25, -0.2) is 0 Å². The number of fused-ring (bicyclic) bond motifs is 1. The normalized spacial score (nSPS) is 20.7. The summed E-state index contributed by atoms with van der Waals surface area (Å²) in [5.74, 6) is -0.0476. The Morgan fingerprint density at radius 2 is 2.12 bits per heavy atom. The number of amides is 1. The standard InChI is InChI=1S/C20H28N4OS/c1-24-18-10-9-15(22-14-6-3-2-4-7-14)12-17(18)19(23-24)20(25)21-13-16-8-5-11-26-16/h5,8,11,14-15,22H,2-4,6-7,9-10,12-13H2,1H3,(H,21,25). The van der Waals surface area contributed by atoms with E-state index in [4.69, 9.17) is 0 Å². The molecule has 2 aromatic rings. The number of hydrogen-bond donors (Lipinski definition) is 2. The Morgan fingerprint density at radius 1 is 1.27 bits per heavy atom. The second kappa shape index (κ2) is 7.92. The molecule has 0 saturated heterocycles. The lowest BCUT2D eigenvalue weighted by Crippen LogP contribution is -2.42. The van der Waals surface area contributed by atoms with E-state index in [0.29, 0.717) is 24.3 Å². The van der Waals surface area contributed by atoms with Gasteiger partial charge >= 0.3 is 0 Å². The highest BCUT2D eigenvalue weighted by molar-refractivity contribution is 7.09. The Morgan fingerprint density at radius 3 is 2.88 bits per heavy atom. The van der Waals surface area contributed by atoms with E-state index in [1.807, 2.05) is 29.2 Å². The molecule has 2 aliphatic rings. The molecule has 1 fully saturated rings. The van der Waals surface area contributed by atoms with Crippen LogP contribution in [0.3, 0.4) is 0 Å². The van der Waals surface area contributed by atoms with Crippen molar-refractivity contribution < 1.29 is 4.79 Å². The minimum atomic E-state index is -0.0476. The molecule has 0 aliphatic heterocycles. The number of nitrogens with zero attached hydrogens (tertiary/aromatic N) is 2. The van der Waals surface area contributed by atoms with E-state index < -0.39 is 0 Å². The first kappa shape index (κ1) is 17.7. The molecule has 6 heteroatoms. The van der Waals surface area contributed by atoms with Crippen LogP contribution in [0.1, 0.15) is 65.1 Å². The first-order valence-corrected chi connectivity index (χ1v) is 10.7. The van der Waals surface area contributed by atoms with Crippen LogP contribution in [0.15, 0.2) is 17.5 Å². The number of carbonyl (C=O) groups excluding carboxylic acids is 1. The Bertz CT molecular complexity index is 746. The highest BCUT2D eigenvalue weighted by atomic mass is 32.1. The highest BCUT2D eigenvalue weighted by Crippen LogP contribution is 2.26. The van der Waals surface area contributed by atoms with Crippen LogP contribution in [0.5, 0.6) is 0 Å². The van der Waals surface area contributed by atoms with Gasteiger partial charge in [0.2, 0.25) is 0 Å². The molecule has 2 N–H and O–H groups in total. The maximum absolute atomic E-state index is 12.7. The third-order valence-electron chi connectivity index (χ3n) is 5.75. The molecule has 1 saturated carbocycles. The van der Waals surface area contributed by atoms with E-state index in [2.05, 4.69) is 15.7 Å². The monoisotopic (exact) mass is 372 g/mol. The SMILES string of the molecule is Cn1nc(C(=O)NCc2cccs2)c2c1CCC(NC1CCCCC1)C2. The maximum atomic E-state index is 12.7. The van der Waals surface area contributed by atoms with Crippen LogP contribution in [0.2, 0.25) is 0 Å². The Labute approximate surface area is 159 Å². The van der Waals surface area contributed by atoms with Crippen molar-refractivity contribution in [2.24, 2.45) is 7.05 Å². The fraction of sp³-hybridized carbons (Fsp3) is 0.600. The summed E-state index contributed by atoms with van der Waals surface area (Å²) in [6.45, 7) is 0.575. The fourth-order valence-corrected chi connectivity index (χ4v) is 5.03. The van der Waals surface area contributed by atoms with Gasteiger partial charge in [0.05, 0.1) is 6.54 Å². The Balaban J connectivity index is 1.43. The highest BCUT2D eigenvalue weighted by Gasteiger charge is 2.29. The number of hydrogen-bond acceptors (Lipinski definition) is 4. The molecular weight excluding hydrogens is 344 g/mol. The number of thiophene rings is 1. The number of rotatable bonds is 5. The molecule has 2 heterocycles. The van der Waals surface area contributed by atoms with Crippen molar-refractivity contribution in [2.75, 3.05) is 0 Å². The van der Waals surface area contributed by atoms with Gasteiger partial charge in [0, 0.05) is 35.3 Å². The zero-order valence-corrected chi connectivity index (χ0v) is 16.3. The van der Waals surface area contributed by atoms with Crippen LogP contribution >= 0.6 is 11.3 Å².